The molecular formula is C9H10N4O2. The van der Waals surface area contributed by atoms with Crippen LogP contribution in [0.15, 0.2) is 18.7 Å². The fourth-order valence-electron chi connectivity index (χ4n) is 1.41. The summed E-state index contributed by atoms with van der Waals surface area (Å²) in [6.07, 6.45) is 4.74. The number of rotatable bonds is 2. The first-order valence-corrected chi connectivity index (χ1v) is 4.36. The molecule has 2 aromatic rings. The van der Waals surface area contributed by atoms with Crippen LogP contribution in [0.1, 0.15) is 16.2 Å². The topological polar surface area (TPSA) is 72.9 Å². The molecule has 15 heavy (non-hydrogen) atoms. The third-order valence-corrected chi connectivity index (χ3v) is 2.07. The first-order chi connectivity index (χ1) is 7.08. The Morgan fingerprint density at radius 3 is 2.67 bits per heavy atom. The van der Waals surface area contributed by atoms with Crippen molar-refractivity contribution in [3.8, 4) is 5.69 Å². The number of hydrogen-bond donors (Lipinski definition) is 1. The zero-order chi connectivity index (χ0) is 11.0. The Morgan fingerprint density at radius 1 is 1.47 bits per heavy atom. The van der Waals surface area contributed by atoms with Crippen molar-refractivity contribution in [2.24, 2.45) is 7.05 Å². The SMILES string of the molecule is Cc1nn(C)cc1-n1cnc(C(=O)O)c1. The molecule has 0 amide bonds. The van der Waals surface area contributed by atoms with Crippen LogP contribution in [0.5, 0.6) is 0 Å². The van der Waals surface area contributed by atoms with Crippen molar-refractivity contribution in [3.63, 3.8) is 0 Å². The van der Waals surface area contributed by atoms with E-state index in [4.69, 9.17) is 5.11 Å². The number of aromatic nitrogens is 4. The minimum atomic E-state index is -1.03. The molecule has 2 aromatic heterocycles. The van der Waals surface area contributed by atoms with Gasteiger partial charge in [-0.15, -0.1) is 0 Å². The summed E-state index contributed by atoms with van der Waals surface area (Å²) in [5, 5.41) is 12.9. The quantitative estimate of drug-likeness (QED) is 0.781. The Bertz CT molecular complexity index is 512. The number of carboxylic acids is 1. The van der Waals surface area contributed by atoms with Crippen LogP contribution >= 0.6 is 0 Å². The van der Waals surface area contributed by atoms with Crippen molar-refractivity contribution < 1.29 is 9.90 Å². The molecule has 0 radical (unpaired) electrons. The van der Waals surface area contributed by atoms with Crippen molar-refractivity contribution in [2.45, 2.75) is 6.92 Å². The number of hydrogen-bond acceptors (Lipinski definition) is 3. The fourth-order valence-corrected chi connectivity index (χ4v) is 1.41. The summed E-state index contributed by atoms with van der Waals surface area (Å²) in [7, 11) is 1.81. The van der Waals surface area contributed by atoms with Crippen LogP contribution in [-0.4, -0.2) is 30.4 Å². The van der Waals surface area contributed by atoms with E-state index in [0.717, 1.165) is 11.4 Å². The molecule has 0 aromatic carbocycles. The molecule has 78 valence electrons. The number of carbonyl (C=O) groups is 1. The Balaban J connectivity index is 2.45. The van der Waals surface area contributed by atoms with Crippen molar-refractivity contribution in [2.75, 3.05) is 0 Å². The molecule has 1 N–H and O–H groups in total. The molecule has 0 saturated carbocycles. The van der Waals surface area contributed by atoms with E-state index in [2.05, 4.69) is 10.1 Å². The number of nitrogens with zero attached hydrogens (tertiary/aromatic N) is 4. The molecule has 2 heterocycles. The van der Waals surface area contributed by atoms with Crippen molar-refractivity contribution in [1.29, 1.82) is 0 Å². The summed E-state index contributed by atoms with van der Waals surface area (Å²) < 4.78 is 3.32. The van der Waals surface area contributed by atoms with Gasteiger partial charge in [0.25, 0.3) is 0 Å². The highest BCUT2D eigenvalue weighted by Crippen LogP contribution is 2.12. The van der Waals surface area contributed by atoms with Gasteiger partial charge in [-0.3, -0.25) is 4.68 Å². The van der Waals surface area contributed by atoms with Gasteiger partial charge in [-0.05, 0) is 6.92 Å². The highest BCUT2D eigenvalue weighted by Gasteiger charge is 2.10. The minimum Gasteiger partial charge on any atom is -0.476 e. The Hall–Kier alpha value is -2.11. The monoisotopic (exact) mass is 206 g/mol. The number of imidazole rings is 1. The third-order valence-electron chi connectivity index (χ3n) is 2.07. The Labute approximate surface area is 85.8 Å². The lowest BCUT2D eigenvalue weighted by Crippen LogP contribution is -1.96. The molecule has 0 spiro atoms. The average molecular weight is 206 g/mol. The summed E-state index contributed by atoms with van der Waals surface area (Å²) >= 11 is 0. The normalized spacial score (nSPS) is 10.5. The van der Waals surface area contributed by atoms with Crippen LogP contribution in [0.3, 0.4) is 0 Å². The molecule has 0 aliphatic heterocycles. The smallest absolute Gasteiger partial charge is 0.356 e. The highest BCUT2D eigenvalue weighted by molar-refractivity contribution is 5.85. The summed E-state index contributed by atoms with van der Waals surface area (Å²) in [5.74, 6) is -1.03. The van der Waals surface area contributed by atoms with E-state index in [1.165, 1.54) is 12.5 Å². The van der Waals surface area contributed by atoms with E-state index in [9.17, 15) is 4.79 Å². The molecule has 6 heteroatoms. The third kappa shape index (κ3) is 1.61. The maximum Gasteiger partial charge on any atom is 0.356 e. The van der Waals surface area contributed by atoms with Gasteiger partial charge in [0.1, 0.15) is 6.33 Å². The molecule has 0 atom stereocenters. The van der Waals surface area contributed by atoms with Gasteiger partial charge in [-0.25, -0.2) is 9.78 Å². The van der Waals surface area contributed by atoms with Crippen LogP contribution in [0, 0.1) is 6.92 Å². The summed E-state index contributed by atoms with van der Waals surface area (Å²) in [6, 6.07) is 0. The van der Waals surface area contributed by atoms with Crippen molar-refractivity contribution in [3.05, 3.63) is 30.1 Å². The van der Waals surface area contributed by atoms with E-state index >= 15 is 0 Å². The molecule has 0 aliphatic rings. The molecular weight excluding hydrogens is 196 g/mol. The molecule has 0 unspecified atom stereocenters. The van der Waals surface area contributed by atoms with Crippen LogP contribution in [0.2, 0.25) is 0 Å². The predicted molar refractivity (Wildman–Crippen MR) is 52.0 cm³/mol. The van der Waals surface area contributed by atoms with Gasteiger partial charge in [0, 0.05) is 19.4 Å². The van der Waals surface area contributed by atoms with E-state index < -0.39 is 5.97 Å². The Morgan fingerprint density at radius 2 is 2.20 bits per heavy atom. The molecule has 6 nitrogen and oxygen atoms in total. The van der Waals surface area contributed by atoms with Gasteiger partial charge in [-0.1, -0.05) is 0 Å². The van der Waals surface area contributed by atoms with Crippen molar-refractivity contribution in [1.82, 2.24) is 19.3 Å². The van der Waals surface area contributed by atoms with E-state index in [0.29, 0.717) is 0 Å². The molecule has 2 rings (SSSR count). The molecule has 0 saturated heterocycles. The van der Waals surface area contributed by atoms with Crippen LogP contribution in [0.4, 0.5) is 0 Å². The predicted octanol–water partition coefficient (Wildman–Crippen LogP) is 0.612. The second kappa shape index (κ2) is 3.23. The lowest BCUT2D eigenvalue weighted by atomic mass is 10.4. The summed E-state index contributed by atoms with van der Waals surface area (Å²) in [5.41, 5.74) is 1.68. The van der Waals surface area contributed by atoms with Gasteiger partial charge in [0.05, 0.1) is 11.4 Å². The summed E-state index contributed by atoms with van der Waals surface area (Å²) in [4.78, 5) is 14.4. The zero-order valence-electron chi connectivity index (χ0n) is 8.38. The van der Waals surface area contributed by atoms with Crippen LogP contribution in [-0.2, 0) is 7.05 Å². The van der Waals surface area contributed by atoms with Gasteiger partial charge in [-0.2, -0.15) is 5.10 Å². The second-order valence-corrected chi connectivity index (χ2v) is 3.24. The Kier molecular flexibility index (Phi) is 2.03. The van der Waals surface area contributed by atoms with E-state index in [1.54, 1.807) is 9.25 Å². The molecule has 0 aliphatic carbocycles. The lowest BCUT2D eigenvalue weighted by Gasteiger charge is -1.96. The largest absolute Gasteiger partial charge is 0.476 e. The number of aryl methyl sites for hydroxylation is 2. The number of carboxylic acid groups (broad SMARTS) is 1. The summed E-state index contributed by atoms with van der Waals surface area (Å²) in [6.45, 7) is 1.86. The van der Waals surface area contributed by atoms with Crippen LogP contribution in [0.25, 0.3) is 5.69 Å². The van der Waals surface area contributed by atoms with Crippen LogP contribution < -0.4 is 0 Å². The lowest BCUT2D eigenvalue weighted by molar-refractivity contribution is 0.0691. The van der Waals surface area contributed by atoms with Gasteiger partial charge >= 0.3 is 5.97 Å². The second-order valence-electron chi connectivity index (χ2n) is 3.24. The fraction of sp³-hybridized carbons (Fsp3) is 0.222. The standard InChI is InChI=1S/C9H10N4O2/c1-6-8(4-12(2)11-6)13-3-7(9(14)15)10-5-13/h3-5H,1-2H3,(H,14,15). The van der Waals surface area contributed by atoms with Gasteiger partial charge < -0.3 is 9.67 Å². The number of aromatic carboxylic acids is 1. The van der Waals surface area contributed by atoms with Gasteiger partial charge in [0.15, 0.2) is 5.69 Å². The first kappa shape index (κ1) is 9.45. The van der Waals surface area contributed by atoms with E-state index in [-0.39, 0.29) is 5.69 Å². The maximum absolute atomic E-state index is 10.6. The molecule has 0 bridgehead atoms. The van der Waals surface area contributed by atoms with Gasteiger partial charge in [0.2, 0.25) is 0 Å². The molecule has 0 fully saturated rings. The minimum absolute atomic E-state index is 0.0262. The zero-order valence-corrected chi connectivity index (χ0v) is 8.38. The maximum atomic E-state index is 10.6. The van der Waals surface area contributed by atoms with E-state index in [1.807, 2.05) is 20.2 Å². The highest BCUT2D eigenvalue weighted by atomic mass is 16.4. The first-order valence-electron chi connectivity index (χ1n) is 4.36. The average Bonchev–Trinajstić information content (AvgIpc) is 2.71. The van der Waals surface area contributed by atoms with Crippen molar-refractivity contribution >= 4 is 5.97 Å².